The van der Waals surface area contributed by atoms with Crippen molar-refractivity contribution >= 4 is 17.4 Å². The second-order valence-electron chi connectivity index (χ2n) is 5.27. The first-order chi connectivity index (χ1) is 8.28. The number of rotatable bonds is 3. The van der Waals surface area contributed by atoms with Crippen molar-refractivity contribution in [2.24, 2.45) is 11.8 Å². The smallest absolute Gasteiger partial charge is 0.137 e. The molecule has 3 unspecified atom stereocenters. The number of anilines is 1. The molecule has 0 saturated heterocycles. The van der Waals surface area contributed by atoms with Crippen molar-refractivity contribution < 1.29 is 0 Å². The summed E-state index contributed by atoms with van der Waals surface area (Å²) in [6.07, 6.45) is 7.93. The quantitative estimate of drug-likeness (QED) is 0.838. The topological polar surface area (TPSA) is 37.8 Å². The van der Waals surface area contributed by atoms with Crippen LogP contribution in [0.1, 0.15) is 38.2 Å². The third kappa shape index (κ3) is 2.01. The Balaban J connectivity index is 1.79. The van der Waals surface area contributed by atoms with Crippen molar-refractivity contribution in [3.63, 3.8) is 0 Å². The number of halogens is 1. The van der Waals surface area contributed by atoms with Gasteiger partial charge in [-0.3, -0.25) is 0 Å². The van der Waals surface area contributed by atoms with Gasteiger partial charge in [-0.05, 0) is 37.5 Å². The molecule has 0 aromatic carbocycles. The lowest BCUT2D eigenvalue weighted by Gasteiger charge is -2.24. The van der Waals surface area contributed by atoms with Crippen LogP contribution in [-0.2, 0) is 6.42 Å². The van der Waals surface area contributed by atoms with E-state index in [1.165, 1.54) is 25.7 Å². The van der Waals surface area contributed by atoms with Crippen molar-refractivity contribution in [3.05, 3.63) is 17.0 Å². The molecule has 0 spiro atoms. The van der Waals surface area contributed by atoms with E-state index in [4.69, 9.17) is 11.6 Å². The number of hydrogen-bond acceptors (Lipinski definition) is 3. The van der Waals surface area contributed by atoms with Crippen molar-refractivity contribution in [3.8, 4) is 0 Å². The lowest BCUT2D eigenvalue weighted by molar-refractivity contribution is 0.438. The summed E-state index contributed by atoms with van der Waals surface area (Å²) in [4.78, 5) is 8.40. The van der Waals surface area contributed by atoms with E-state index in [1.54, 1.807) is 6.33 Å². The van der Waals surface area contributed by atoms with Crippen LogP contribution < -0.4 is 5.32 Å². The maximum absolute atomic E-state index is 6.10. The Morgan fingerprint density at radius 1 is 1.35 bits per heavy atom. The maximum Gasteiger partial charge on any atom is 0.137 e. The van der Waals surface area contributed by atoms with Crippen LogP contribution in [0.25, 0.3) is 0 Å². The Morgan fingerprint density at radius 2 is 2.24 bits per heavy atom. The van der Waals surface area contributed by atoms with Gasteiger partial charge in [0, 0.05) is 11.6 Å². The summed E-state index contributed by atoms with van der Waals surface area (Å²) >= 11 is 6.10. The van der Waals surface area contributed by atoms with Gasteiger partial charge in [0.25, 0.3) is 0 Å². The minimum absolute atomic E-state index is 0.591. The van der Waals surface area contributed by atoms with Gasteiger partial charge in [0.1, 0.15) is 17.3 Å². The fraction of sp³-hybridized carbons (Fsp3) is 0.692. The second kappa shape index (κ2) is 4.45. The first-order valence-electron chi connectivity index (χ1n) is 6.53. The number of fused-ring (bicyclic) bond motifs is 2. The summed E-state index contributed by atoms with van der Waals surface area (Å²) in [5, 5.41) is 4.19. The van der Waals surface area contributed by atoms with Gasteiger partial charge in [0.2, 0.25) is 0 Å². The number of nitrogens with one attached hydrogen (secondary N) is 1. The van der Waals surface area contributed by atoms with Gasteiger partial charge >= 0.3 is 0 Å². The fourth-order valence-corrected chi connectivity index (χ4v) is 3.69. The highest BCUT2D eigenvalue weighted by Crippen LogP contribution is 2.45. The molecule has 0 radical (unpaired) electrons. The molecule has 3 atom stereocenters. The second-order valence-corrected chi connectivity index (χ2v) is 5.63. The molecule has 3 rings (SSSR count). The molecule has 3 nitrogen and oxygen atoms in total. The van der Waals surface area contributed by atoms with Gasteiger partial charge in [-0.25, -0.2) is 9.97 Å². The minimum Gasteiger partial charge on any atom is -0.367 e. The van der Waals surface area contributed by atoms with Crippen LogP contribution in [0.3, 0.4) is 0 Å². The highest BCUT2D eigenvalue weighted by atomic mass is 35.5. The van der Waals surface area contributed by atoms with Crippen LogP contribution in [0.2, 0.25) is 5.15 Å². The molecule has 0 aliphatic heterocycles. The number of hydrogen-bond donors (Lipinski definition) is 1. The van der Waals surface area contributed by atoms with Crippen LogP contribution in [0.15, 0.2) is 6.33 Å². The normalized spacial score (nSPS) is 30.8. The lowest BCUT2D eigenvalue weighted by Crippen LogP contribution is -2.27. The zero-order valence-electron chi connectivity index (χ0n) is 10.1. The van der Waals surface area contributed by atoms with Crippen LogP contribution >= 0.6 is 11.6 Å². The highest BCUT2D eigenvalue weighted by Gasteiger charge is 2.39. The fourth-order valence-electron chi connectivity index (χ4n) is 3.43. The summed E-state index contributed by atoms with van der Waals surface area (Å²) < 4.78 is 0. The van der Waals surface area contributed by atoms with Crippen molar-refractivity contribution in [1.29, 1.82) is 0 Å². The number of aromatic nitrogens is 2. The maximum atomic E-state index is 6.10. The molecule has 2 saturated carbocycles. The largest absolute Gasteiger partial charge is 0.367 e. The molecule has 0 amide bonds. The molecule has 4 heteroatoms. The molecule has 1 heterocycles. The van der Waals surface area contributed by atoms with Gasteiger partial charge < -0.3 is 5.32 Å². The molecular formula is C13H18ClN3. The van der Waals surface area contributed by atoms with Crippen molar-refractivity contribution in [2.75, 3.05) is 5.32 Å². The molecule has 1 N–H and O–H groups in total. The Morgan fingerprint density at radius 3 is 2.88 bits per heavy atom. The molecule has 2 aliphatic carbocycles. The Kier molecular flexibility index (Phi) is 2.95. The molecule has 17 heavy (non-hydrogen) atoms. The monoisotopic (exact) mass is 251 g/mol. The highest BCUT2D eigenvalue weighted by molar-refractivity contribution is 6.30. The van der Waals surface area contributed by atoms with Gasteiger partial charge in [-0.15, -0.1) is 0 Å². The van der Waals surface area contributed by atoms with Gasteiger partial charge in [0.15, 0.2) is 0 Å². The average molecular weight is 252 g/mol. The zero-order valence-corrected chi connectivity index (χ0v) is 10.9. The van der Waals surface area contributed by atoms with E-state index in [9.17, 15) is 0 Å². The predicted molar refractivity (Wildman–Crippen MR) is 69.3 cm³/mol. The van der Waals surface area contributed by atoms with E-state index in [2.05, 4.69) is 22.2 Å². The summed E-state index contributed by atoms with van der Waals surface area (Å²) in [6, 6.07) is 0.602. The molecular weight excluding hydrogens is 234 g/mol. The van der Waals surface area contributed by atoms with Crippen LogP contribution in [0.5, 0.6) is 0 Å². The Labute approximate surface area is 107 Å². The SMILES string of the molecule is CCc1c(Cl)ncnc1NC1CC2CCC1C2. The molecule has 92 valence electrons. The predicted octanol–water partition coefficient (Wildman–Crippen LogP) is 3.29. The number of nitrogens with zero attached hydrogens (tertiary/aromatic N) is 2. The minimum atomic E-state index is 0.591. The van der Waals surface area contributed by atoms with Crippen molar-refractivity contribution in [2.45, 2.75) is 45.1 Å². The van der Waals surface area contributed by atoms with E-state index < -0.39 is 0 Å². The van der Waals surface area contributed by atoms with Gasteiger partial charge in [-0.2, -0.15) is 0 Å². The first-order valence-corrected chi connectivity index (χ1v) is 6.91. The standard InChI is InChI=1S/C13H18ClN3/c1-2-10-12(14)15-7-16-13(10)17-11-6-8-3-4-9(11)5-8/h7-9,11H,2-6H2,1H3,(H,15,16,17). The van der Waals surface area contributed by atoms with E-state index in [-0.39, 0.29) is 0 Å². The van der Waals surface area contributed by atoms with Crippen LogP contribution in [-0.4, -0.2) is 16.0 Å². The van der Waals surface area contributed by atoms with E-state index in [0.717, 1.165) is 29.6 Å². The molecule has 2 aliphatic rings. The molecule has 2 bridgehead atoms. The van der Waals surface area contributed by atoms with E-state index >= 15 is 0 Å². The molecule has 2 fully saturated rings. The summed E-state index contributed by atoms with van der Waals surface area (Å²) in [5.74, 6) is 2.74. The van der Waals surface area contributed by atoms with E-state index in [1.807, 2.05) is 0 Å². The third-order valence-electron chi connectivity index (χ3n) is 4.31. The molecule has 1 aromatic heterocycles. The summed E-state index contributed by atoms with van der Waals surface area (Å²) in [7, 11) is 0. The Hall–Kier alpha value is -0.830. The van der Waals surface area contributed by atoms with Crippen LogP contribution in [0.4, 0.5) is 5.82 Å². The average Bonchev–Trinajstić information content (AvgIpc) is 2.91. The van der Waals surface area contributed by atoms with Gasteiger partial charge in [-0.1, -0.05) is 24.9 Å². The van der Waals surface area contributed by atoms with E-state index in [0.29, 0.717) is 11.2 Å². The summed E-state index contributed by atoms with van der Waals surface area (Å²) in [5.41, 5.74) is 1.05. The third-order valence-corrected chi connectivity index (χ3v) is 4.63. The zero-order chi connectivity index (χ0) is 11.8. The lowest BCUT2D eigenvalue weighted by atomic mass is 9.95. The van der Waals surface area contributed by atoms with Gasteiger partial charge in [0.05, 0.1) is 0 Å². The van der Waals surface area contributed by atoms with Crippen molar-refractivity contribution in [1.82, 2.24) is 9.97 Å². The first kappa shape index (κ1) is 11.3. The van der Waals surface area contributed by atoms with Crippen LogP contribution in [0, 0.1) is 11.8 Å². The molecule has 1 aromatic rings. The summed E-state index contributed by atoms with van der Waals surface area (Å²) in [6.45, 7) is 2.09. The Bertz CT molecular complexity index is 421.